The molecule has 0 aliphatic heterocycles. The molecule has 234 valence electrons. The highest BCUT2D eigenvalue weighted by atomic mass is 35.5. The summed E-state index contributed by atoms with van der Waals surface area (Å²) in [4.78, 5) is 33.2. The van der Waals surface area contributed by atoms with Gasteiger partial charge in [0, 0.05) is 17.4 Å². The molecule has 1 aliphatic rings. The molecule has 1 fully saturated rings. The van der Waals surface area contributed by atoms with Crippen molar-refractivity contribution in [3.05, 3.63) is 63.3 Å². The van der Waals surface area contributed by atoms with Crippen molar-refractivity contribution in [3.63, 3.8) is 0 Å². The first-order valence-corrected chi connectivity index (χ1v) is 15.4. The maximum Gasteiger partial charge on any atom is 0.315 e. The van der Waals surface area contributed by atoms with E-state index in [1.807, 2.05) is 0 Å². The SMILES string of the molecule is CC(O)=c1c(N)nc2c(OC(=O)C3C(C(C)(C)C)CC(C)CC3C(C)(C)C)c(-c3ccc(Cl)cc3)c(-n3cccn3)n2c1=O. The summed E-state index contributed by atoms with van der Waals surface area (Å²) in [6.45, 7) is 16.7. The number of halogens is 1. The Morgan fingerprint density at radius 2 is 1.66 bits per heavy atom. The van der Waals surface area contributed by atoms with Crippen molar-refractivity contribution in [3.8, 4) is 22.7 Å². The Bertz CT molecular complexity index is 1790. The van der Waals surface area contributed by atoms with Crippen molar-refractivity contribution < 1.29 is 14.6 Å². The van der Waals surface area contributed by atoms with Gasteiger partial charge in [-0.05, 0) is 72.1 Å². The number of aliphatic hydroxyl groups is 1. The van der Waals surface area contributed by atoms with E-state index in [9.17, 15) is 14.7 Å². The highest BCUT2D eigenvalue weighted by molar-refractivity contribution is 6.30. The van der Waals surface area contributed by atoms with Crippen LogP contribution < -0.4 is 21.2 Å². The van der Waals surface area contributed by atoms with Crippen molar-refractivity contribution >= 4 is 34.8 Å². The maximum atomic E-state index is 14.7. The minimum atomic E-state index is -0.609. The van der Waals surface area contributed by atoms with Gasteiger partial charge in [-0.2, -0.15) is 5.10 Å². The fourth-order valence-electron chi connectivity index (χ4n) is 6.95. The van der Waals surface area contributed by atoms with E-state index in [0.717, 1.165) is 12.8 Å². The van der Waals surface area contributed by atoms with Gasteiger partial charge in [0.25, 0.3) is 5.56 Å². The number of anilines is 1. The van der Waals surface area contributed by atoms with E-state index in [2.05, 4.69) is 58.5 Å². The first-order valence-electron chi connectivity index (χ1n) is 15.1. The molecule has 10 heteroatoms. The van der Waals surface area contributed by atoms with Crippen LogP contribution in [0.2, 0.25) is 5.02 Å². The van der Waals surface area contributed by atoms with Gasteiger partial charge >= 0.3 is 5.97 Å². The molecule has 5 rings (SSSR count). The monoisotopic (exact) mass is 619 g/mol. The first kappa shape index (κ1) is 31.6. The van der Waals surface area contributed by atoms with Gasteiger partial charge in [-0.1, -0.05) is 72.2 Å². The second kappa shape index (κ2) is 11.3. The number of carbonyl (C=O) groups excluding carboxylic acids is 1. The number of hydrogen-bond acceptors (Lipinski definition) is 7. The lowest BCUT2D eigenvalue weighted by Gasteiger charge is -2.49. The van der Waals surface area contributed by atoms with Gasteiger partial charge < -0.3 is 15.6 Å². The number of esters is 1. The third-order valence-electron chi connectivity index (χ3n) is 9.07. The molecule has 0 saturated heterocycles. The zero-order valence-electron chi connectivity index (χ0n) is 26.7. The van der Waals surface area contributed by atoms with Crippen LogP contribution in [0.1, 0.15) is 68.2 Å². The zero-order chi connectivity index (χ0) is 32.3. The van der Waals surface area contributed by atoms with Gasteiger partial charge in [0.15, 0.2) is 17.2 Å². The number of benzene rings is 1. The largest absolute Gasteiger partial charge is 0.512 e. The van der Waals surface area contributed by atoms with E-state index in [1.165, 1.54) is 16.0 Å². The molecule has 9 nitrogen and oxygen atoms in total. The summed E-state index contributed by atoms with van der Waals surface area (Å²) in [7, 11) is 0. The molecule has 3 N–H and O–H groups in total. The lowest BCUT2D eigenvalue weighted by Crippen LogP contribution is -2.48. The van der Waals surface area contributed by atoms with E-state index in [1.54, 1.807) is 42.7 Å². The number of nitrogens with zero attached hydrogens (tertiary/aromatic N) is 4. The molecule has 1 saturated carbocycles. The van der Waals surface area contributed by atoms with Gasteiger partial charge in [0.05, 0.1) is 11.5 Å². The van der Waals surface area contributed by atoms with E-state index in [4.69, 9.17) is 22.1 Å². The Hall–Kier alpha value is -3.85. The average molecular weight is 620 g/mol. The molecule has 4 aromatic rings. The summed E-state index contributed by atoms with van der Waals surface area (Å²) < 4.78 is 9.32. The number of aromatic nitrogens is 4. The van der Waals surface area contributed by atoms with Crippen LogP contribution in [0.5, 0.6) is 5.75 Å². The number of nitrogen functional groups attached to an aromatic ring is 1. The highest BCUT2D eigenvalue weighted by Gasteiger charge is 2.50. The minimum Gasteiger partial charge on any atom is -0.512 e. The van der Waals surface area contributed by atoms with Crippen LogP contribution in [-0.4, -0.2) is 30.2 Å². The van der Waals surface area contributed by atoms with Crippen LogP contribution in [0.4, 0.5) is 5.82 Å². The molecule has 2 atom stereocenters. The van der Waals surface area contributed by atoms with Crippen molar-refractivity contribution in [2.45, 2.75) is 68.2 Å². The topological polar surface area (TPSA) is 125 Å². The van der Waals surface area contributed by atoms with Crippen LogP contribution in [0.25, 0.3) is 28.4 Å². The zero-order valence-corrected chi connectivity index (χ0v) is 27.4. The van der Waals surface area contributed by atoms with E-state index in [-0.39, 0.29) is 56.8 Å². The Balaban J connectivity index is 1.83. The molecule has 2 unspecified atom stereocenters. The van der Waals surface area contributed by atoms with Crippen LogP contribution in [0.3, 0.4) is 0 Å². The fraction of sp³-hybridized carbons (Fsp3) is 0.471. The van der Waals surface area contributed by atoms with Crippen LogP contribution in [-0.2, 0) is 4.79 Å². The number of fused-ring (bicyclic) bond motifs is 1. The lowest BCUT2D eigenvalue weighted by atomic mass is 9.55. The van der Waals surface area contributed by atoms with Gasteiger partial charge in [-0.15, -0.1) is 0 Å². The van der Waals surface area contributed by atoms with Crippen LogP contribution in [0.15, 0.2) is 47.5 Å². The van der Waals surface area contributed by atoms with Gasteiger partial charge in [-0.3, -0.25) is 9.59 Å². The van der Waals surface area contributed by atoms with E-state index < -0.39 is 11.5 Å². The number of ether oxygens (including phenoxy) is 1. The van der Waals surface area contributed by atoms with Crippen molar-refractivity contribution in [1.82, 2.24) is 19.2 Å². The summed E-state index contributed by atoms with van der Waals surface area (Å²) in [6.07, 6.45) is 5.08. The molecule has 1 aliphatic carbocycles. The van der Waals surface area contributed by atoms with E-state index >= 15 is 0 Å². The Morgan fingerprint density at radius 1 is 1.07 bits per heavy atom. The second-order valence-corrected chi connectivity index (χ2v) is 14.8. The molecular weight excluding hydrogens is 578 g/mol. The predicted molar refractivity (Wildman–Crippen MR) is 174 cm³/mol. The lowest BCUT2D eigenvalue weighted by molar-refractivity contribution is -0.152. The van der Waals surface area contributed by atoms with Crippen LogP contribution in [0, 0.1) is 34.5 Å². The van der Waals surface area contributed by atoms with Gasteiger partial charge in [-0.25, -0.2) is 14.1 Å². The Kier molecular flexibility index (Phi) is 8.08. The third-order valence-corrected chi connectivity index (χ3v) is 9.32. The summed E-state index contributed by atoms with van der Waals surface area (Å²) in [6, 6.07) is 8.75. The minimum absolute atomic E-state index is 0.0603. The van der Waals surface area contributed by atoms with Gasteiger partial charge in [0.1, 0.15) is 16.8 Å². The van der Waals surface area contributed by atoms with Crippen molar-refractivity contribution in [2.24, 2.45) is 34.5 Å². The van der Waals surface area contributed by atoms with Crippen molar-refractivity contribution in [2.75, 3.05) is 5.73 Å². The predicted octanol–water partition coefficient (Wildman–Crippen LogP) is 6.46. The summed E-state index contributed by atoms with van der Waals surface area (Å²) in [5.74, 6) is -0.221. The number of carbonyl (C=O) groups is 1. The second-order valence-electron chi connectivity index (χ2n) is 14.4. The first-order chi connectivity index (χ1) is 20.5. The molecule has 3 heterocycles. The number of hydrogen-bond donors (Lipinski definition) is 2. The number of nitrogens with two attached hydrogens (primary N) is 1. The van der Waals surface area contributed by atoms with Crippen LogP contribution >= 0.6 is 11.6 Å². The Labute approximate surface area is 262 Å². The molecule has 0 radical (unpaired) electrons. The average Bonchev–Trinajstić information content (AvgIpc) is 3.54. The molecule has 0 amide bonds. The van der Waals surface area contributed by atoms with Gasteiger partial charge in [0.2, 0.25) is 0 Å². The summed E-state index contributed by atoms with van der Waals surface area (Å²) in [5.41, 5.74) is 6.46. The fourth-order valence-corrected chi connectivity index (χ4v) is 7.08. The van der Waals surface area contributed by atoms with E-state index in [0.29, 0.717) is 27.9 Å². The standard InChI is InChI=1S/C34H42ClN5O4/c1-18-16-22(33(3,4)5)26(23(17-18)34(6,7)8)32(43)44-27-25(20-10-12-21(35)13-11-20)30(39-15-9-14-37-39)40-29(27)38-28(36)24(19(2)41)31(40)42/h9-15,18,22-23,26,41H,16-17H2,1-8H3,(H2,36,38). The number of rotatable bonds is 4. The Morgan fingerprint density at radius 3 is 2.16 bits per heavy atom. The normalized spacial score (nSPS) is 21.8. The quantitative estimate of drug-likeness (QED) is 0.251. The van der Waals surface area contributed by atoms with Crippen molar-refractivity contribution in [1.29, 1.82) is 0 Å². The molecule has 0 spiro atoms. The highest BCUT2D eigenvalue weighted by Crippen LogP contribution is 2.53. The summed E-state index contributed by atoms with van der Waals surface area (Å²) in [5, 5.41) is 15.2. The maximum absolute atomic E-state index is 14.7. The molecule has 1 aromatic carbocycles. The summed E-state index contributed by atoms with van der Waals surface area (Å²) >= 11 is 6.26. The smallest absolute Gasteiger partial charge is 0.315 e. The molecular formula is C34H42ClN5O4. The third kappa shape index (κ3) is 5.58. The number of aliphatic hydroxyl groups excluding tert-OH is 1. The molecule has 44 heavy (non-hydrogen) atoms. The molecule has 0 bridgehead atoms. The molecule has 3 aromatic heterocycles.